The van der Waals surface area contributed by atoms with Crippen LogP contribution in [0.25, 0.3) is 0 Å². The molecule has 0 aliphatic carbocycles. The number of Topliss-reactive ketones (excluding diaryl/α,β-unsaturated/α-hetero) is 1. The van der Waals surface area contributed by atoms with Gasteiger partial charge in [-0.3, -0.25) is 9.69 Å². The Morgan fingerprint density at radius 1 is 1.31 bits per heavy atom. The van der Waals surface area contributed by atoms with E-state index in [1.54, 1.807) is 31.2 Å². The van der Waals surface area contributed by atoms with Crippen LogP contribution in [-0.2, 0) is 0 Å². The first-order valence-electron chi connectivity index (χ1n) is 5.10. The zero-order valence-corrected chi connectivity index (χ0v) is 9.36. The van der Waals surface area contributed by atoms with Gasteiger partial charge < -0.3 is 0 Å². The lowest BCUT2D eigenvalue weighted by Crippen LogP contribution is -2.38. The van der Waals surface area contributed by atoms with E-state index >= 15 is 0 Å². The number of carbonyl (C=O) groups excluding carboxylic acids is 1. The quantitative estimate of drug-likeness (QED) is 0.720. The van der Waals surface area contributed by atoms with Crippen molar-refractivity contribution >= 4 is 5.78 Å². The number of carbonyl (C=O) groups is 1. The molecule has 4 heteroatoms. The zero-order chi connectivity index (χ0) is 12.1. The van der Waals surface area contributed by atoms with E-state index in [2.05, 4.69) is 0 Å². The summed E-state index contributed by atoms with van der Waals surface area (Å²) in [5, 5.41) is 0. The Morgan fingerprint density at radius 3 is 2.38 bits per heavy atom. The fourth-order valence-corrected chi connectivity index (χ4v) is 1.42. The normalized spacial score (nSPS) is 13.1. The summed E-state index contributed by atoms with van der Waals surface area (Å²) in [6, 6.07) is 8.17. The highest BCUT2D eigenvalue weighted by molar-refractivity contribution is 5.99. The molecule has 16 heavy (non-hydrogen) atoms. The van der Waals surface area contributed by atoms with Gasteiger partial charge in [0.1, 0.15) is 0 Å². The first-order chi connectivity index (χ1) is 7.52. The maximum atomic E-state index is 12.2. The average Bonchev–Trinajstić information content (AvgIpc) is 2.27. The first-order valence-corrected chi connectivity index (χ1v) is 5.10. The van der Waals surface area contributed by atoms with E-state index in [1.165, 1.54) is 11.9 Å². The topological polar surface area (TPSA) is 20.3 Å². The van der Waals surface area contributed by atoms with Gasteiger partial charge in [-0.15, -0.1) is 0 Å². The van der Waals surface area contributed by atoms with Crippen LogP contribution in [0.2, 0.25) is 0 Å². The highest BCUT2D eigenvalue weighted by atomic mass is 19.3. The number of hydrogen-bond donors (Lipinski definition) is 0. The Balaban J connectivity index is 2.67. The van der Waals surface area contributed by atoms with Gasteiger partial charge >= 0.3 is 0 Å². The SMILES string of the molecule is CC(C(=O)c1ccccc1)N(C)CC(F)F. The number of hydrogen-bond acceptors (Lipinski definition) is 2. The van der Waals surface area contributed by atoms with E-state index < -0.39 is 12.5 Å². The van der Waals surface area contributed by atoms with E-state index in [1.807, 2.05) is 6.07 Å². The van der Waals surface area contributed by atoms with Gasteiger partial charge in [0.05, 0.1) is 12.6 Å². The van der Waals surface area contributed by atoms with Crippen LogP contribution >= 0.6 is 0 Å². The van der Waals surface area contributed by atoms with Gasteiger partial charge in [0.25, 0.3) is 6.43 Å². The predicted octanol–water partition coefficient (Wildman–Crippen LogP) is 2.45. The molecular weight excluding hydrogens is 212 g/mol. The fraction of sp³-hybridized carbons (Fsp3) is 0.417. The summed E-state index contributed by atoms with van der Waals surface area (Å²) < 4.78 is 24.3. The van der Waals surface area contributed by atoms with E-state index in [9.17, 15) is 13.6 Å². The number of likely N-dealkylation sites (N-methyl/N-ethyl adjacent to an activating group) is 1. The molecule has 2 nitrogen and oxygen atoms in total. The molecule has 1 aromatic carbocycles. The second kappa shape index (κ2) is 5.70. The van der Waals surface area contributed by atoms with Gasteiger partial charge in [0.15, 0.2) is 5.78 Å². The van der Waals surface area contributed by atoms with Crippen molar-refractivity contribution in [2.45, 2.75) is 19.4 Å². The van der Waals surface area contributed by atoms with Crippen LogP contribution in [0.5, 0.6) is 0 Å². The Bertz CT molecular complexity index is 340. The maximum absolute atomic E-state index is 12.2. The molecule has 0 bridgehead atoms. The molecular formula is C12H15F2NO. The minimum absolute atomic E-state index is 0.135. The Labute approximate surface area is 93.9 Å². The van der Waals surface area contributed by atoms with Gasteiger partial charge in [-0.2, -0.15) is 0 Å². The molecule has 88 valence electrons. The molecule has 0 aromatic heterocycles. The van der Waals surface area contributed by atoms with Crippen LogP contribution in [0.1, 0.15) is 17.3 Å². The molecule has 0 aliphatic heterocycles. The molecule has 1 atom stereocenters. The Morgan fingerprint density at radius 2 is 1.88 bits per heavy atom. The number of nitrogens with zero attached hydrogens (tertiary/aromatic N) is 1. The summed E-state index contributed by atoms with van der Waals surface area (Å²) in [6.45, 7) is 1.25. The molecule has 1 unspecified atom stereocenters. The van der Waals surface area contributed by atoms with Crippen LogP contribution in [0.3, 0.4) is 0 Å². The molecule has 0 fully saturated rings. The lowest BCUT2D eigenvalue weighted by molar-refractivity contribution is 0.0679. The van der Waals surface area contributed by atoms with Gasteiger partial charge in [-0.25, -0.2) is 8.78 Å². The van der Waals surface area contributed by atoms with Gasteiger partial charge in [0, 0.05) is 5.56 Å². The fourth-order valence-electron chi connectivity index (χ4n) is 1.42. The van der Waals surface area contributed by atoms with Crippen LogP contribution < -0.4 is 0 Å². The average molecular weight is 227 g/mol. The number of benzene rings is 1. The van der Waals surface area contributed by atoms with Crippen molar-refractivity contribution in [1.29, 1.82) is 0 Å². The van der Waals surface area contributed by atoms with Crippen molar-refractivity contribution < 1.29 is 13.6 Å². The second-order valence-electron chi connectivity index (χ2n) is 3.74. The summed E-state index contributed by atoms with van der Waals surface area (Å²) >= 11 is 0. The molecule has 0 aliphatic rings. The summed E-state index contributed by atoms with van der Waals surface area (Å²) in [6.07, 6.45) is -2.42. The molecule has 1 rings (SSSR count). The maximum Gasteiger partial charge on any atom is 0.251 e. The lowest BCUT2D eigenvalue weighted by atomic mass is 10.0. The molecule has 0 spiro atoms. The summed E-state index contributed by atoms with van der Waals surface area (Å²) in [4.78, 5) is 13.2. The third-order valence-corrected chi connectivity index (χ3v) is 2.52. The Hall–Kier alpha value is -1.29. The van der Waals surface area contributed by atoms with Crippen molar-refractivity contribution in [3.8, 4) is 0 Å². The van der Waals surface area contributed by atoms with Crippen molar-refractivity contribution in [2.24, 2.45) is 0 Å². The van der Waals surface area contributed by atoms with E-state index in [0.29, 0.717) is 5.56 Å². The zero-order valence-electron chi connectivity index (χ0n) is 9.36. The third kappa shape index (κ3) is 3.38. The largest absolute Gasteiger partial charge is 0.292 e. The lowest BCUT2D eigenvalue weighted by Gasteiger charge is -2.22. The van der Waals surface area contributed by atoms with Gasteiger partial charge in [-0.05, 0) is 14.0 Å². The second-order valence-corrected chi connectivity index (χ2v) is 3.74. The van der Waals surface area contributed by atoms with Crippen LogP contribution in [0, 0.1) is 0 Å². The molecule has 1 aromatic rings. The minimum Gasteiger partial charge on any atom is -0.292 e. The molecule has 0 heterocycles. The Kier molecular flexibility index (Phi) is 4.55. The van der Waals surface area contributed by atoms with Crippen molar-refractivity contribution in [3.05, 3.63) is 35.9 Å². The number of rotatable bonds is 5. The van der Waals surface area contributed by atoms with Crippen molar-refractivity contribution in [1.82, 2.24) is 4.90 Å². The molecule has 0 saturated heterocycles. The smallest absolute Gasteiger partial charge is 0.251 e. The molecule has 0 amide bonds. The number of alkyl halides is 2. The highest BCUT2D eigenvalue weighted by Gasteiger charge is 2.21. The summed E-state index contributed by atoms with van der Waals surface area (Å²) in [5.41, 5.74) is 0.552. The third-order valence-electron chi connectivity index (χ3n) is 2.52. The van der Waals surface area contributed by atoms with E-state index in [0.717, 1.165) is 0 Å². The van der Waals surface area contributed by atoms with E-state index in [-0.39, 0.29) is 12.3 Å². The molecule has 0 radical (unpaired) electrons. The van der Waals surface area contributed by atoms with Gasteiger partial charge in [0.2, 0.25) is 0 Å². The monoisotopic (exact) mass is 227 g/mol. The summed E-state index contributed by atoms with van der Waals surface area (Å²) in [7, 11) is 1.53. The van der Waals surface area contributed by atoms with E-state index in [4.69, 9.17) is 0 Å². The molecule has 0 N–H and O–H groups in total. The standard InChI is InChI=1S/C12H15F2NO/c1-9(15(2)8-11(13)14)12(16)10-6-4-3-5-7-10/h3-7,9,11H,8H2,1-2H3. The number of halogens is 2. The van der Waals surface area contributed by atoms with Crippen LogP contribution in [-0.4, -0.2) is 36.7 Å². The first kappa shape index (κ1) is 12.8. The summed E-state index contributed by atoms with van der Waals surface area (Å²) in [5.74, 6) is -0.135. The molecule has 0 saturated carbocycles. The van der Waals surface area contributed by atoms with Crippen molar-refractivity contribution in [3.63, 3.8) is 0 Å². The minimum atomic E-state index is -2.42. The van der Waals surface area contributed by atoms with Crippen LogP contribution in [0.4, 0.5) is 8.78 Å². The van der Waals surface area contributed by atoms with Crippen molar-refractivity contribution in [2.75, 3.05) is 13.6 Å². The van der Waals surface area contributed by atoms with Crippen LogP contribution in [0.15, 0.2) is 30.3 Å². The number of ketones is 1. The van der Waals surface area contributed by atoms with Gasteiger partial charge in [-0.1, -0.05) is 30.3 Å². The predicted molar refractivity (Wildman–Crippen MR) is 58.9 cm³/mol. The highest BCUT2D eigenvalue weighted by Crippen LogP contribution is 2.09.